The molecule has 1 N–H and O–H groups in total. The Bertz CT molecular complexity index is 411. The SMILES string of the molecule is CCNC(c1cnccc1C)C1(OC)CCCCCC1. The molecule has 2 rings (SSSR count). The summed E-state index contributed by atoms with van der Waals surface area (Å²) in [7, 11) is 1.88. The second-order valence-electron chi connectivity index (χ2n) is 5.91. The molecule has 1 aromatic heterocycles. The predicted molar refractivity (Wildman–Crippen MR) is 82.8 cm³/mol. The molecule has 1 unspecified atom stereocenters. The van der Waals surface area contributed by atoms with Crippen molar-refractivity contribution in [2.45, 2.75) is 64.0 Å². The van der Waals surface area contributed by atoms with Crippen LogP contribution in [0, 0.1) is 6.92 Å². The van der Waals surface area contributed by atoms with Gasteiger partial charge in [-0.05, 0) is 43.5 Å². The van der Waals surface area contributed by atoms with E-state index < -0.39 is 0 Å². The molecule has 1 aliphatic rings. The van der Waals surface area contributed by atoms with Gasteiger partial charge in [-0.15, -0.1) is 0 Å². The molecule has 1 aliphatic carbocycles. The number of aromatic nitrogens is 1. The number of nitrogens with zero attached hydrogens (tertiary/aromatic N) is 1. The third-order valence-corrected chi connectivity index (χ3v) is 4.68. The van der Waals surface area contributed by atoms with Crippen LogP contribution in [0.15, 0.2) is 18.5 Å². The fourth-order valence-corrected chi connectivity index (χ4v) is 3.50. The lowest BCUT2D eigenvalue weighted by Gasteiger charge is -2.40. The fourth-order valence-electron chi connectivity index (χ4n) is 3.50. The van der Waals surface area contributed by atoms with Crippen LogP contribution in [0.5, 0.6) is 0 Å². The molecule has 0 radical (unpaired) electrons. The molecule has 3 nitrogen and oxygen atoms in total. The fraction of sp³-hybridized carbons (Fsp3) is 0.706. The van der Waals surface area contributed by atoms with Crippen molar-refractivity contribution in [1.29, 1.82) is 0 Å². The second kappa shape index (κ2) is 7.19. The third-order valence-electron chi connectivity index (χ3n) is 4.68. The van der Waals surface area contributed by atoms with Crippen LogP contribution in [0.1, 0.15) is 62.6 Å². The molecule has 1 fully saturated rings. The maximum atomic E-state index is 6.09. The lowest BCUT2D eigenvalue weighted by Crippen LogP contribution is -2.45. The van der Waals surface area contributed by atoms with Crippen molar-refractivity contribution in [2.75, 3.05) is 13.7 Å². The van der Waals surface area contributed by atoms with Crippen molar-refractivity contribution in [3.05, 3.63) is 29.6 Å². The zero-order chi connectivity index (χ0) is 14.4. The highest BCUT2D eigenvalue weighted by molar-refractivity contribution is 5.28. The average Bonchev–Trinajstić information content (AvgIpc) is 2.72. The number of aryl methyl sites for hydroxylation is 1. The van der Waals surface area contributed by atoms with Crippen LogP contribution in [-0.4, -0.2) is 24.2 Å². The van der Waals surface area contributed by atoms with Crippen molar-refractivity contribution in [3.8, 4) is 0 Å². The molecule has 0 amide bonds. The minimum absolute atomic E-state index is 0.0830. The summed E-state index contributed by atoms with van der Waals surface area (Å²) in [5.41, 5.74) is 2.50. The summed E-state index contributed by atoms with van der Waals surface area (Å²) in [5.74, 6) is 0. The molecule has 0 saturated heterocycles. The molecular weight excluding hydrogens is 248 g/mol. The lowest BCUT2D eigenvalue weighted by atomic mass is 9.81. The zero-order valence-corrected chi connectivity index (χ0v) is 13.1. The lowest BCUT2D eigenvalue weighted by molar-refractivity contribution is -0.0539. The Hall–Kier alpha value is -0.930. The van der Waals surface area contributed by atoms with Gasteiger partial charge in [-0.2, -0.15) is 0 Å². The molecule has 1 saturated carbocycles. The van der Waals surface area contributed by atoms with Gasteiger partial charge in [-0.1, -0.05) is 32.6 Å². The maximum Gasteiger partial charge on any atom is 0.0873 e. The minimum atomic E-state index is -0.0830. The van der Waals surface area contributed by atoms with Gasteiger partial charge in [-0.25, -0.2) is 0 Å². The van der Waals surface area contributed by atoms with Gasteiger partial charge in [0.2, 0.25) is 0 Å². The molecule has 0 aromatic carbocycles. The Morgan fingerprint density at radius 3 is 2.55 bits per heavy atom. The second-order valence-corrected chi connectivity index (χ2v) is 5.91. The molecule has 1 heterocycles. The van der Waals surface area contributed by atoms with Crippen molar-refractivity contribution in [3.63, 3.8) is 0 Å². The van der Waals surface area contributed by atoms with E-state index in [2.05, 4.69) is 30.2 Å². The predicted octanol–water partition coefficient (Wildman–Crippen LogP) is 3.78. The molecule has 0 bridgehead atoms. The van der Waals surface area contributed by atoms with Crippen LogP contribution in [0.4, 0.5) is 0 Å². The molecule has 20 heavy (non-hydrogen) atoms. The average molecular weight is 276 g/mol. The van der Waals surface area contributed by atoms with Gasteiger partial charge in [0.05, 0.1) is 11.6 Å². The summed E-state index contributed by atoms with van der Waals surface area (Å²) >= 11 is 0. The normalized spacial score (nSPS) is 20.4. The highest BCUT2D eigenvalue weighted by atomic mass is 16.5. The quantitative estimate of drug-likeness (QED) is 0.831. The molecule has 0 aliphatic heterocycles. The standard InChI is InChI=1S/C17H28N2O/c1-4-19-16(15-13-18-12-9-14(15)2)17(20-3)10-7-5-6-8-11-17/h9,12-13,16,19H,4-8,10-11H2,1-3H3. The number of pyridine rings is 1. The van der Waals surface area contributed by atoms with E-state index in [0.717, 1.165) is 19.4 Å². The summed E-state index contributed by atoms with van der Waals surface area (Å²) < 4.78 is 6.09. The van der Waals surface area contributed by atoms with Crippen molar-refractivity contribution >= 4 is 0 Å². The number of nitrogens with one attached hydrogen (secondary N) is 1. The summed E-state index contributed by atoms with van der Waals surface area (Å²) in [6.45, 7) is 5.28. The number of rotatable bonds is 5. The van der Waals surface area contributed by atoms with Crippen LogP contribution < -0.4 is 5.32 Å². The summed E-state index contributed by atoms with van der Waals surface area (Å²) in [6.07, 6.45) is 11.3. The van der Waals surface area contributed by atoms with Gasteiger partial charge in [-0.3, -0.25) is 4.98 Å². The molecule has 1 atom stereocenters. The molecule has 112 valence electrons. The van der Waals surface area contributed by atoms with E-state index in [1.807, 2.05) is 19.5 Å². The smallest absolute Gasteiger partial charge is 0.0873 e. The highest BCUT2D eigenvalue weighted by Crippen LogP contribution is 2.40. The van der Waals surface area contributed by atoms with Crippen LogP contribution in [0.3, 0.4) is 0 Å². The molecule has 0 spiro atoms. The maximum absolute atomic E-state index is 6.09. The topological polar surface area (TPSA) is 34.2 Å². The first kappa shape index (κ1) is 15.5. The van der Waals surface area contributed by atoms with Crippen molar-refractivity contribution in [1.82, 2.24) is 10.3 Å². The summed E-state index contributed by atoms with van der Waals surface area (Å²) in [4.78, 5) is 4.34. The van der Waals surface area contributed by atoms with E-state index in [1.165, 1.54) is 36.8 Å². The minimum Gasteiger partial charge on any atom is -0.376 e. The van der Waals surface area contributed by atoms with E-state index >= 15 is 0 Å². The van der Waals surface area contributed by atoms with E-state index in [9.17, 15) is 0 Å². The molecule has 3 heteroatoms. The Morgan fingerprint density at radius 1 is 1.30 bits per heavy atom. The Kier molecular flexibility index (Phi) is 5.55. The van der Waals surface area contributed by atoms with E-state index in [-0.39, 0.29) is 11.6 Å². The van der Waals surface area contributed by atoms with Crippen LogP contribution in [0.2, 0.25) is 0 Å². The third kappa shape index (κ3) is 3.21. The Balaban J connectivity index is 2.36. The van der Waals surface area contributed by atoms with Crippen LogP contribution >= 0.6 is 0 Å². The van der Waals surface area contributed by atoms with Gasteiger partial charge in [0.1, 0.15) is 0 Å². The van der Waals surface area contributed by atoms with Gasteiger partial charge in [0.25, 0.3) is 0 Å². The summed E-state index contributed by atoms with van der Waals surface area (Å²) in [5, 5.41) is 3.66. The van der Waals surface area contributed by atoms with Crippen LogP contribution in [0.25, 0.3) is 0 Å². The molecular formula is C17H28N2O. The van der Waals surface area contributed by atoms with Gasteiger partial charge in [0, 0.05) is 19.5 Å². The first-order valence-electron chi connectivity index (χ1n) is 7.92. The number of ether oxygens (including phenoxy) is 1. The highest BCUT2D eigenvalue weighted by Gasteiger charge is 2.40. The van der Waals surface area contributed by atoms with Crippen LogP contribution in [-0.2, 0) is 4.74 Å². The van der Waals surface area contributed by atoms with E-state index in [4.69, 9.17) is 4.74 Å². The van der Waals surface area contributed by atoms with Gasteiger partial charge < -0.3 is 10.1 Å². The largest absolute Gasteiger partial charge is 0.376 e. The van der Waals surface area contributed by atoms with Gasteiger partial charge >= 0.3 is 0 Å². The number of methoxy groups -OCH3 is 1. The zero-order valence-electron chi connectivity index (χ0n) is 13.1. The monoisotopic (exact) mass is 276 g/mol. The number of hydrogen-bond acceptors (Lipinski definition) is 3. The van der Waals surface area contributed by atoms with E-state index in [0.29, 0.717) is 0 Å². The number of likely N-dealkylation sites (N-methyl/N-ethyl adjacent to an activating group) is 1. The van der Waals surface area contributed by atoms with E-state index in [1.54, 1.807) is 0 Å². The Labute approximate surface area is 123 Å². The van der Waals surface area contributed by atoms with Crippen molar-refractivity contribution in [2.24, 2.45) is 0 Å². The van der Waals surface area contributed by atoms with Gasteiger partial charge in [0.15, 0.2) is 0 Å². The number of hydrogen-bond donors (Lipinski definition) is 1. The Morgan fingerprint density at radius 2 is 2.00 bits per heavy atom. The summed E-state index contributed by atoms with van der Waals surface area (Å²) in [6, 6.07) is 2.34. The molecule has 1 aromatic rings. The first-order chi connectivity index (χ1) is 9.73. The van der Waals surface area contributed by atoms with Crippen molar-refractivity contribution < 1.29 is 4.74 Å². The first-order valence-corrected chi connectivity index (χ1v) is 7.92.